The van der Waals surface area contributed by atoms with Crippen LogP contribution in [0.3, 0.4) is 0 Å². The Morgan fingerprint density at radius 1 is 0.780 bits per heavy atom. The highest BCUT2D eigenvalue weighted by atomic mass is 16.5. The van der Waals surface area contributed by atoms with E-state index in [2.05, 4.69) is 5.92 Å². The third-order valence-corrected chi connectivity index (χ3v) is 6.60. The average molecular weight is 560 g/mol. The highest BCUT2D eigenvalue weighted by Crippen LogP contribution is 2.43. The number of ether oxygens (including phenoxy) is 5. The van der Waals surface area contributed by atoms with E-state index in [1.165, 1.54) is 0 Å². The molecular weight excluding hydrogens is 522 g/mol. The first-order chi connectivity index (χ1) is 19.8. The Kier molecular flexibility index (Phi) is 11.3. The third-order valence-electron chi connectivity index (χ3n) is 6.60. The highest BCUT2D eigenvalue weighted by molar-refractivity contribution is 5.79. The van der Waals surface area contributed by atoms with Crippen LogP contribution in [0, 0.1) is 17.8 Å². The van der Waals surface area contributed by atoms with E-state index in [0.29, 0.717) is 11.5 Å². The summed E-state index contributed by atoms with van der Waals surface area (Å²) in [4.78, 5) is 23.5. The largest absolute Gasteiger partial charge is 0.497 e. The van der Waals surface area contributed by atoms with Crippen LogP contribution >= 0.6 is 0 Å². The van der Waals surface area contributed by atoms with Crippen LogP contribution in [0.4, 0.5) is 0 Å². The monoisotopic (exact) mass is 559 g/mol. The first kappa shape index (κ1) is 31.2. The van der Waals surface area contributed by atoms with Gasteiger partial charge in [-0.15, -0.1) is 6.42 Å². The number of carbonyl (C=O) groups excluding carboxylic acids is 2. The molecule has 0 saturated carbocycles. The molecule has 1 unspecified atom stereocenters. The minimum Gasteiger partial charge on any atom is -0.497 e. The van der Waals surface area contributed by atoms with Gasteiger partial charge in [0.2, 0.25) is 5.91 Å². The Morgan fingerprint density at radius 2 is 1.32 bits per heavy atom. The molecule has 216 valence electrons. The maximum absolute atomic E-state index is 12.3. The molecule has 0 aliphatic heterocycles. The average Bonchev–Trinajstić information content (AvgIpc) is 3.00. The zero-order valence-corrected chi connectivity index (χ0v) is 23.8. The summed E-state index contributed by atoms with van der Waals surface area (Å²) in [6.07, 6.45) is 5.21. The minimum absolute atomic E-state index is 0.0226. The van der Waals surface area contributed by atoms with Gasteiger partial charge in [-0.2, -0.15) is 0 Å². The van der Waals surface area contributed by atoms with Gasteiger partial charge in [0.15, 0.2) is 0 Å². The summed E-state index contributed by atoms with van der Waals surface area (Å²) in [7, 11) is 3.23. The predicted octanol–water partition coefficient (Wildman–Crippen LogP) is 4.48. The lowest BCUT2D eigenvalue weighted by Crippen LogP contribution is -2.41. The van der Waals surface area contributed by atoms with Gasteiger partial charge < -0.3 is 29.4 Å². The summed E-state index contributed by atoms with van der Waals surface area (Å²) >= 11 is 0. The normalized spacial score (nSPS) is 12.5. The number of esters is 1. The van der Waals surface area contributed by atoms with Crippen molar-refractivity contribution in [3.05, 3.63) is 95.6 Å². The van der Waals surface area contributed by atoms with Crippen LogP contribution < -0.4 is 15.2 Å². The Hall–Kier alpha value is -4.32. The first-order valence-electron chi connectivity index (χ1n) is 13.2. The zero-order valence-electron chi connectivity index (χ0n) is 23.8. The van der Waals surface area contributed by atoms with Crippen molar-refractivity contribution < 1.29 is 33.3 Å². The van der Waals surface area contributed by atoms with Gasteiger partial charge in [-0.05, 0) is 41.0 Å². The van der Waals surface area contributed by atoms with E-state index in [-0.39, 0.29) is 39.3 Å². The molecule has 1 atom stereocenters. The molecule has 8 nitrogen and oxygen atoms in total. The van der Waals surface area contributed by atoms with Crippen LogP contribution in [0.5, 0.6) is 11.5 Å². The summed E-state index contributed by atoms with van der Waals surface area (Å²) in [6, 6.07) is 25.3. The third kappa shape index (κ3) is 8.34. The number of benzene rings is 3. The number of amides is 1. The van der Waals surface area contributed by atoms with Crippen LogP contribution in [0.2, 0.25) is 0 Å². The van der Waals surface area contributed by atoms with Crippen molar-refractivity contribution in [1.82, 2.24) is 0 Å². The lowest BCUT2D eigenvalue weighted by molar-refractivity contribution is -0.153. The molecule has 0 aliphatic carbocycles. The second-order valence-electron chi connectivity index (χ2n) is 9.93. The van der Waals surface area contributed by atoms with E-state index >= 15 is 0 Å². The van der Waals surface area contributed by atoms with Crippen LogP contribution in [0.1, 0.15) is 36.5 Å². The number of terminal acetylenes is 1. The van der Waals surface area contributed by atoms with Crippen molar-refractivity contribution in [2.75, 3.05) is 40.6 Å². The van der Waals surface area contributed by atoms with E-state index in [1.54, 1.807) is 14.2 Å². The molecule has 0 radical (unpaired) electrons. The number of hydrogen-bond acceptors (Lipinski definition) is 7. The first-order valence-corrected chi connectivity index (χ1v) is 13.2. The summed E-state index contributed by atoms with van der Waals surface area (Å²) in [6.45, 7) is 2.24. The smallest absolute Gasteiger partial charge is 0.306 e. The molecule has 3 aromatic rings. The van der Waals surface area contributed by atoms with E-state index in [0.717, 1.165) is 16.7 Å². The zero-order chi connectivity index (χ0) is 29.7. The number of rotatable bonds is 16. The molecule has 8 heteroatoms. The van der Waals surface area contributed by atoms with Gasteiger partial charge in [-0.1, -0.05) is 67.4 Å². The van der Waals surface area contributed by atoms with Gasteiger partial charge in [-0.3, -0.25) is 9.59 Å². The molecule has 3 rings (SSSR count). The van der Waals surface area contributed by atoms with Crippen LogP contribution in [0.25, 0.3) is 0 Å². The number of nitrogens with two attached hydrogens (primary N) is 1. The fraction of sp³-hybridized carbons (Fsp3) is 0.333. The molecule has 0 aromatic heterocycles. The van der Waals surface area contributed by atoms with Crippen molar-refractivity contribution in [3.8, 4) is 23.8 Å². The lowest BCUT2D eigenvalue weighted by atomic mass is 9.79. The Labute approximate surface area is 241 Å². The van der Waals surface area contributed by atoms with Gasteiger partial charge in [0.05, 0.1) is 33.9 Å². The van der Waals surface area contributed by atoms with E-state index in [4.69, 9.17) is 35.8 Å². The van der Waals surface area contributed by atoms with E-state index in [1.807, 2.05) is 85.8 Å². The second-order valence-corrected chi connectivity index (χ2v) is 9.93. The predicted molar refractivity (Wildman–Crippen MR) is 155 cm³/mol. The fourth-order valence-electron chi connectivity index (χ4n) is 4.39. The van der Waals surface area contributed by atoms with Gasteiger partial charge in [0.1, 0.15) is 30.3 Å². The van der Waals surface area contributed by atoms with Gasteiger partial charge >= 0.3 is 5.97 Å². The second kappa shape index (κ2) is 14.9. The molecule has 0 heterocycles. The molecule has 2 N–H and O–H groups in total. The van der Waals surface area contributed by atoms with Crippen molar-refractivity contribution in [3.63, 3.8) is 0 Å². The molecule has 0 bridgehead atoms. The highest BCUT2D eigenvalue weighted by Gasteiger charge is 2.41. The lowest BCUT2D eigenvalue weighted by Gasteiger charge is -2.39. The van der Waals surface area contributed by atoms with Crippen LogP contribution in [-0.4, -0.2) is 52.5 Å². The summed E-state index contributed by atoms with van der Waals surface area (Å²) < 4.78 is 29.1. The number of hydrogen-bond donors (Lipinski definition) is 1. The van der Waals surface area contributed by atoms with E-state index in [9.17, 15) is 9.59 Å². The number of methoxy groups -OCH3 is 2. The van der Waals surface area contributed by atoms with Crippen LogP contribution in [0.15, 0.2) is 78.9 Å². The van der Waals surface area contributed by atoms with Crippen molar-refractivity contribution >= 4 is 11.9 Å². The Morgan fingerprint density at radius 3 is 1.80 bits per heavy atom. The minimum atomic E-state index is -1.07. The summed E-state index contributed by atoms with van der Waals surface area (Å²) in [5, 5.41) is 0. The maximum atomic E-state index is 12.3. The molecule has 3 aromatic carbocycles. The number of carbonyl (C=O) groups is 2. The SMILES string of the molecule is C#CCOCC(C)(COC(=O)CCC(N)=O)COC(c1ccccc1)(c1ccc(OC)cc1)c1ccc(OC)cc1. The van der Waals surface area contributed by atoms with Crippen molar-refractivity contribution in [2.24, 2.45) is 11.1 Å². The topological polar surface area (TPSA) is 106 Å². The van der Waals surface area contributed by atoms with E-state index < -0.39 is 22.9 Å². The standard InChI is InChI=1S/C33H37NO7/c1-5-21-39-22-32(2,23-40-31(36)20-19-30(34)35)24-41-33(25-9-7-6-8-10-25,26-11-15-28(37-3)16-12-26)27-13-17-29(38-4)18-14-27/h1,6-18H,19-24H2,2-4H3,(H2,34,35). The molecular formula is C33H37NO7. The van der Waals surface area contributed by atoms with Crippen molar-refractivity contribution in [2.45, 2.75) is 25.4 Å². The quantitative estimate of drug-likeness (QED) is 0.119. The molecule has 0 fully saturated rings. The molecule has 1 amide bonds. The number of primary amides is 1. The summed E-state index contributed by atoms with van der Waals surface area (Å²) in [5.74, 6) is 2.77. The molecule has 0 aliphatic rings. The van der Waals surface area contributed by atoms with Crippen molar-refractivity contribution in [1.29, 1.82) is 0 Å². The van der Waals surface area contributed by atoms with Gasteiger partial charge in [0, 0.05) is 11.8 Å². The van der Waals surface area contributed by atoms with Crippen LogP contribution in [-0.2, 0) is 29.4 Å². The molecule has 41 heavy (non-hydrogen) atoms. The Balaban J connectivity index is 2.06. The Bertz CT molecular complexity index is 1250. The van der Waals surface area contributed by atoms with Gasteiger partial charge in [-0.25, -0.2) is 0 Å². The molecule has 0 saturated heterocycles. The molecule has 0 spiro atoms. The fourth-order valence-corrected chi connectivity index (χ4v) is 4.39. The maximum Gasteiger partial charge on any atom is 0.306 e. The summed E-state index contributed by atoms with van der Waals surface area (Å²) in [5.41, 5.74) is 5.93. The van der Waals surface area contributed by atoms with Gasteiger partial charge in [0.25, 0.3) is 0 Å².